The first-order chi connectivity index (χ1) is 16.9. The van der Waals surface area contributed by atoms with Crippen molar-refractivity contribution in [2.45, 2.75) is 19.3 Å². The summed E-state index contributed by atoms with van der Waals surface area (Å²) in [6.45, 7) is 3.43. The monoisotopic (exact) mass is 574 g/mol. The zero-order valence-corrected chi connectivity index (χ0v) is 22.0. The van der Waals surface area contributed by atoms with Gasteiger partial charge in [-0.05, 0) is 0 Å². The number of rotatable bonds is 18. The maximum absolute atomic E-state index is 5.99. The zero-order valence-electron chi connectivity index (χ0n) is 19.4. The third-order valence-corrected chi connectivity index (χ3v) is 7.86. The molecule has 0 aliphatic heterocycles. The first kappa shape index (κ1) is 26.4. The van der Waals surface area contributed by atoms with E-state index in [1.807, 2.05) is 91.0 Å². The maximum atomic E-state index is 5.99. The van der Waals surface area contributed by atoms with Crippen molar-refractivity contribution in [3.05, 3.63) is 91.0 Å². The Morgan fingerprint density at radius 3 is 0.971 bits per heavy atom. The van der Waals surface area contributed by atoms with E-state index in [1.165, 1.54) is 0 Å². The molecule has 34 heavy (non-hydrogen) atoms. The summed E-state index contributed by atoms with van der Waals surface area (Å²) in [5, 5.41) is 0. The van der Waals surface area contributed by atoms with Gasteiger partial charge >= 0.3 is 212 Å². The van der Waals surface area contributed by atoms with Crippen LogP contribution < -0.4 is 14.2 Å². The van der Waals surface area contributed by atoms with Crippen molar-refractivity contribution in [2.24, 2.45) is 0 Å². The molecule has 0 atom stereocenters. The van der Waals surface area contributed by atoms with Crippen molar-refractivity contribution >= 4 is 21.5 Å². The van der Waals surface area contributed by atoms with Gasteiger partial charge in [-0.1, -0.05) is 0 Å². The van der Waals surface area contributed by atoms with Gasteiger partial charge in [0, 0.05) is 0 Å². The Balaban J connectivity index is 1.30. The molecule has 0 aromatic heterocycles. The molecular weight excluding hydrogens is 542 g/mol. The van der Waals surface area contributed by atoms with Gasteiger partial charge in [-0.3, -0.25) is 0 Å². The fraction of sp³-hybridized carbons (Fsp3) is 0.333. The summed E-state index contributed by atoms with van der Waals surface area (Å²) in [5.41, 5.74) is 0. The standard InChI is InChI=1S/3C9H11O2.Sb/c3*10-7-4-8-11-9-5-2-1-3-6-9;/h3*1-3,5-6H,4,7-8H2;/q3*-1;+3. The Morgan fingerprint density at radius 2 is 0.676 bits per heavy atom. The first-order valence-corrected chi connectivity index (χ1v) is 14.8. The van der Waals surface area contributed by atoms with Crippen LogP contribution in [0.2, 0.25) is 0 Å². The average molecular weight is 575 g/mol. The van der Waals surface area contributed by atoms with Crippen LogP contribution in [0, 0.1) is 0 Å². The molecular formula is C27H33O6Sb. The third kappa shape index (κ3) is 11.8. The molecule has 0 saturated carbocycles. The van der Waals surface area contributed by atoms with Gasteiger partial charge in [-0.25, -0.2) is 0 Å². The molecule has 0 unspecified atom stereocenters. The second-order valence-electron chi connectivity index (χ2n) is 7.27. The summed E-state index contributed by atoms with van der Waals surface area (Å²) < 4.78 is 35.1. The Labute approximate surface area is 211 Å². The first-order valence-electron chi connectivity index (χ1n) is 11.6. The molecule has 0 aliphatic rings. The van der Waals surface area contributed by atoms with E-state index in [4.69, 9.17) is 23.3 Å². The van der Waals surface area contributed by atoms with Crippen molar-refractivity contribution in [3.63, 3.8) is 0 Å². The second-order valence-corrected chi connectivity index (χ2v) is 10.8. The Bertz CT molecular complexity index is 748. The molecule has 182 valence electrons. The van der Waals surface area contributed by atoms with E-state index in [0.29, 0.717) is 39.6 Å². The minimum absolute atomic E-state index is 0.552. The van der Waals surface area contributed by atoms with Gasteiger partial charge in [0.05, 0.1) is 0 Å². The van der Waals surface area contributed by atoms with E-state index in [-0.39, 0.29) is 0 Å². The van der Waals surface area contributed by atoms with Crippen LogP contribution in [0.25, 0.3) is 0 Å². The van der Waals surface area contributed by atoms with Crippen molar-refractivity contribution in [1.29, 1.82) is 0 Å². The minimum atomic E-state index is -2.74. The van der Waals surface area contributed by atoms with E-state index in [2.05, 4.69) is 0 Å². The van der Waals surface area contributed by atoms with Crippen LogP contribution in [0.4, 0.5) is 0 Å². The van der Waals surface area contributed by atoms with Crippen LogP contribution in [0.15, 0.2) is 91.0 Å². The van der Waals surface area contributed by atoms with Gasteiger partial charge in [-0.15, -0.1) is 0 Å². The molecule has 3 rings (SSSR count). The summed E-state index contributed by atoms with van der Waals surface area (Å²) in [6.07, 6.45) is 2.32. The molecule has 0 saturated heterocycles. The van der Waals surface area contributed by atoms with Crippen molar-refractivity contribution in [1.82, 2.24) is 0 Å². The van der Waals surface area contributed by atoms with Crippen LogP contribution in [0.5, 0.6) is 17.2 Å². The topological polar surface area (TPSA) is 55.4 Å². The van der Waals surface area contributed by atoms with Gasteiger partial charge in [-0.2, -0.15) is 0 Å². The number of hydrogen-bond donors (Lipinski definition) is 0. The van der Waals surface area contributed by atoms with Crippen LogP contribution in [0.1, 0.15) is 19.3 Å². The molecule has 0 heterocycles. The SMILES string of the molecule is c1ccc(OCCC[O][Sb]([O]CCCOc2ccccc2)[O]CCCOc2ccccc2)cc1. The quantitative estimate of drug-likeness (QED) is 0.149. The Hall–Kier alpha value is -2.24. The van der Waals surface area contributed by atoms with Crippen LogP contribution >= 0.6 is 0 Å². The van der Waals surface area contributed by atoms with Gasteiger partial charge in [0.25, 0.3) is 0 Å². The van der Waals surface area contributed by atoms with E-state index < -0.39 is 21.5 Å². The summed E-state index contributed by atoms with van der Waals surface area (Å²) >= 11 is -2.74. The van der Waals surface area contributed by atoms with Gasteiger partial charge < -0.3 is 0 Å². The molecule has 0 fully saturated rings. The molecule has 0 amide bonds. The van der Waals surface area contributed by atoms with Gasteiger partial charge in [0.2, 0.25) is 0 Å². The third-order valence-electron chi connectivity index (χ3n) is 4.49. The van der Waals surface area contributed by atoms with Gasteiger partial charge in [0.1, 0.15) is 0 Å². The summed E-state index contributed by atoms with van der Waals surface area (Å²) in [7, 11) is 0. The van der Waals surface area contributed by atoms with E-state index in [9.17, 15) is 0 Å². The van der Waals surface area contributed by atoms with Gasteiger partial charge in [0.15, 0.2) is 0 Å². The molecule has 0 radical (unpaired) electrons. The van der Waals surface area contributed by atoms with E-state index in [1.54, 1.807) is 0 Å². The van der Waals surface area contributed by atoms with Crippen molar-refractivity contribution in [3.8, 4) is 17.2 Å². The van der Waals surface area contributed by atoms with Crippen molar-refractivity contribution < 1.29 is 23.3 Å². The second kappa shape index (κ2) is 17.2. The fourth-order valence-electron chi connectivity index (χ4n) is 2.83. The van der Waals surface area contributed by atoms with E-state index >= 15 is 0 Å². The fourth-order valence-corrected chi connectivity index (χ4v) is 5.85. The predicted molar refractivity (Wildman–Crippen MR) is 133 cm³/mol. The molecule has 6 nitrogen and oxygen atoms in total. The molecule has 7 heteroatoms. The number of ether oxygens (including phenoxy) is 3. The summed E-state index contributed by atoms with van der Waals surface area (Å²) in [5.74, 6) is 2.60. The van der Waals surface area contributed by atoms with Crippen LogP contribution in [-0.2, 0) is 9.05 Å². The number of para-hydroxylation sites is 3. The Kier molecular flexibility index (Phi) is 13.4. The molecule has 3 aromatic rings. The molecule has 0 bridgehead atoms. The molecule has 0 spiro atoms. The summed E-state index contributed by atoms with van der Waals surface area (Å²) in [6, 6.07) is 29.4. The zero-order chi connectivity index (χ0) is 23.5. The average Bonchev–Trinajstić information content (AvgIpc) is 2.89. The Morgan fingerprint density at radius 1 is 0.382 bits per heavy atom. The molecule has 3 aromatic carbocycles. The normalized spacial score (nSPS) is 10.9. The van der Waals surface area contributed by atoms with Crippen LogP contribution in [-0.4, -0.2) is 61.1 Å². The number of hydrogen-bond acceptors (Lipinski definition) is 6. The van der Waals surface area contributed by atoms with Crippen LogP contribution in [0.3, 0.4) is 0 Å². The van der Waals surface area contributed by atoms with Crippen molar-refractivity contribution in [2.75, 3.05) is 39.6 Å². The predicted octanol–water partition coefficient (Wildman–Crippen LogP) is 5.43. The number of benzene rings is 3. The summed E-state index contributed by atoms with van der Waals surface area (Å²) in [4.78, 5) is 0. The van der Waals surface area contributed by atoms with E-state index in [0.717, 1.165) is 36.5 Å². The molecule has 0 aliphatic carbocycles. The molecule has 0 N–H and O–H groups in total.